The summed E-state index contributed by atoms with van der Waals surface area (Å²) in [6, 6.07) is 11.1. The van der Waals surface area contributed by atoms with Crippen LogP contribution in [-0.2, 0) is 4.84 Å². The minimum Gasteiger partial charge on any atom is -0.324 e. The maximum absolute atomic E-state index is 12.5. The number of nitrogens with zero attached hydrogens (tertiary/aromatic N) is 3. The predicted octanol–water partition coefficient (Wildman–Crippen LogP) is 2.61. The van der Waals surface area contributed by atoms with Gasteiger partial charge in [0.15, 0.2) is 0 Å². The Balaban J connectivity index is 1.65. The standard InChI is InChI=1S/C19H13N3O4/c1-10-11(2)20-21-16-8-7-12(9-15(10)16)19(25)26-22-17(23)13-5-3-4-6-14(13)18(22)24/h3-9H,1-2H3. The maximum atomic E-state index is 12.5. The van der Waals surface area contributed by atoms with E-state index in [2.05, 4.69) is 10.2 Å². The quantitative estimate of drug-likeness (QED) is 0.662. The van der Waals surface area contributed by atoms with Crippen molar-refractivity contribution >= 4 is 28.7 Å². The molecule has 0 radical (unpaired) electrons. The molecule has 0 saturated carbocycles. The Morgan fingerprint density at radius 3 is 2.27 bits per heavy atom. The zero-order valence-corrected chi connectivity index (χ0v) is 14.0. The molecule has 2 heterocycles. The topological polar surface area (TPSA) is 89.5 Å². The lowest BCUT2D eigenvalue weighted by molar-refractivity contribution is -0.0584. The average molecular weight is 347 g/mol. The molecule has 0 spiro atoms. The summed E-state index contributed by atoms with van der Waals surface area (Å²) >= 11 is 0. The first-order valence-electron chi connectivity index (χ1n) is 7.91. The molecule has 2 amide bonds. The van der Waals surface area contributed by atoms with Crippen LogP contribution in [0.15, 0.2) is 42.5 Å². The number of fused-ring (bicyclic) bond motifs is 2. The molecule has 0 fully saturated rings. The highest BCUT2D eigenvalue weighted by Gasteiger charge is 2.38. The number of carbonyl (C=O) groups excluding carboxylic acids is 3. The van der Waals surface area contributed by atoms with Crippen LogP contribution in [0.3, 0.4) is 0 Å². The lowest BCUT2D eigenvalue weighted by atomic mass is 10.1. The molecule has 26 heavy (non-hydrogen) atoms. The van der Waals surface area contributed by atoms with Crippen LogP contribution >= 0.6 is 0 Å². The summed E-state index contributed by atoms with van der Waals surface area (Å²) in [5.74, 6) is -2.11. The molecule has 7 nitrogen and oxygen atoms in total. The zero-order valence-electron chi connectivity index (χ0n) is 14.0. The second-order valence-electron chi connectivity index (χ2n) is 5.97. The third-order valence-electron chi connectivity index (χ3n) is 4.42. The number of aromatic nitrogens is 2. The number of hydroxylamine groups is 2. The van der Waals surface area contributed by atoms with Gasteiger partial charge in [0.25, 0.3) is 11.8 Å². The fourth-order valence-corrected chi connectivity index (χ4v) is 2.83. The van der Waals surface area contributed by atoms with Gasteiger partial charge in [0.1, 0.15) is 0 Å². The molecular weight excluding hydrogens is 334 g/mol. The lowest BCUT2D eigenvalue weighted by Crippen LogP contribution is -2.32. The van der Waals surface area contributed by atoms with Gasteiger partial charge in [0.05, 0.1) is 27.9 Å². The van der Waals surface area contributed by atoms with Gasteiger partial charge in [-0.05, 0) is 49.7 Å². The smallest absolute Gasteiger partial charge is 0.324 e. The van der Waals surface area contributed by atoms with Crippen LogP contribution in [0.5, 0.6) is 0 Å². The number of carbonyl (C=O) groups is 3. The third-order valence-corrected chi connectivity index (χ3v) is 4.42. The van der Waals surface area contributed by atoms with Crippen LogP contribution in [0.1, 0.15) is 42.3 Å². The summed E-state index contributed by atoms with van der Waals surface area (Å²) in [4.78, 5) is 42.2. The molecule has 0 unspecified atom stereocenters. The van der Waals surface area contributed by atoms with E-state index in [0.29, 0.717) is 10.6 Å². The summed E-state index contributed by atoms with van der Waals surface area (Å²) in [5, 5.41) is 9.38. The fraction of sp³-hybridized carbons (Fsp3) is 0.105. The van der Waals surface area contributed by atoms with E-state index in [1.165, 1.54) is 18.2 Å². The van der Waals surface area contributed by atoms with Gasteiger partial charge in [-0.1, -0.05) is 17.2 Å². The third kappa shape index (κ3) is 2.33. The van der Waals surface area contributed by atoms with Crippen molar-refractivity contribution < 1.29 is 19.2 Å². The Labute approximate surface area is 148 Å². The van der Waals surface area contributed by atoms with E-state index in [4.69, 9.17) is 4.84 Å². The molecule has 0 atom stereocenters. The van der Waals surface area contributed by atoms with E-state index in [1.807, 2.05) is 13.8 Å². The van der Waals surface area contributed by atoms with Crippen molar-refractivity contribution in [2.45, 2.75) is 13.8 Å². The first kappa shape index (κ1) is 15.9. The number of aryl methyl sites for hydroxylation is 2. The summed E-state index contributed by atoms with van der Waals surface area (Å²) < 4.78 is 0. The molecule has 7 heteroatoms. The summed E-state index contributed by atoms with van der Waals surface area (Å²) in [6.45, 7) is 3.71. The van der Waals surface area contributed by atoms with E-state index >= 15 is 0 Å². The van der Waals surface area contributed by atoms with Gasteiger partial charge in [0, 0.05) is 5.39 Å². The molecule has 0 saturated heterocycles. The SMILES string of the molecule is Cc1nnc2ccc(C(=O)ON3C(=O)c4ccccc4C3=O)cc2c1C. The van der Waals surface area contributed by atoms with E-state index in [0.717, 1.165) is 16.6 Å². The number of rotatable bonds is 2. The number of hydrogen-bond acceptors (Lipinski definition) is 6. The molecule has 4 rings (SSSR count). The van der Waals surface area contributed by atoms with Gasteiger partial charge in [-0.25, -0.2) is 4.79 Å². The van der Waals surface area contributed by atoms with Gasteiger partial charge in [-0.3, -0.25) is 9.59 Å². The van der Waals surface area contributed by atoms with Gasteiger partial charge >= 0.3 is 5.97 Å². The van der Waals surface area contributed by atoms with Gasteiger partial charge in [0.2, 0.25) is 0 Å². The molecule has 0 aliphatic carbocycles. The van der Waals surface area contributed by atoms with Crippen molar-refractivity contribution in [2.75, 3.05) is 0 Å². The molecule has 1 aliphatic rings. The molecule has 0 bridgehead atoms. The Bertz CT molecular complexity index is 1070. The van der Waals surface area contributed by atoms with Crippen LogP contribution in [0, 0.1) is 13.8 Å². The number of benzene rings is 2. The molecule has 1 aliphatic heterocycles. The van der Waals surface area contributed by atoms with Crippen molar-refractivity contribution in [2.24, 2.45) is 0 Å². The molecular formula is C19H13N3O4. The molecule has 2 aromatic carbocycles. The van der Waals surface area contributed by atoms with Crippen molar-refractivity contribution in [3.05, 3.63) is 70.4 Å². The highest BCUT2D eigenvalue weighted by molar-refractivity contribution is 6.21. The highest BCUT2D eigenvalue weighted by Crippen LogP contribution is 2.24. The summed E-state index contributed by atoms with van der Waals surface area (Å²) in [6.07, 6.45) is 0. The number of imide groups is 1. The zero-order chi connectivity index (χ0) is 18.4. The first-order chi connectivity index (χ1) is 12.5. The van der Waals surface area contributed by atoms with E-state index in [1.54, 1.807) is 24.3 Å². The Morgan fingerprint density at radius 2 is 1.62 bits per heavy atom. The Kier molecular flexibility index (Phi) is 3.50. The Morgan fingerprint density at radius 1 is 0.962 bits per heavy atom. The minimum absolute atomic E-state index is 0.213. The fourth-order valence-electron chi connectivity index (χ4n) is 2.83. The van der Waals surface area contributed by atoms with Gasteiger partial charge in [-0.2, -0.15) is 10.2 Å². The predicted molar refractivity (Wildman–Crippen MR) is 91.4 cm³/mol. The number of hydrogen-bond donors (Lipinski definition) is 0. The Hall–Kier alpha value is -3.61. The van der Waals surface area contributed by atoms with E-state index < -0.39 is 17.8 Å². The molecule has 3 aromatic rings. The van der Waals surface area contributed by atoms with E-state index in [-0.39, 0.29) is 16.7 Å². The maximum Gasteiger partial charge on any atom is 0.363 e. The molecule has 0 N–H and O–H groups in total. The van der Waals surface area contributed by atoms with Crippen LogP contribution in [0.4, 0.5) is 0 Å². The largest absolute Gasteiger partial charge is 0.363 e. The number of amides is 2. The normalized spacial score (nSPS) is 13.2. The summed E-state index contributed by atoms with van der Waals surface area (Å²) in [5.41, 5.74) is 2.93. The van der Waals surface area contributed by atoms with Crippen LogP contribution < -0.4 is 0 Å². The lowest BCUT2D eigenvalue weighted by Gasteiger charge is -2.13. The van der Waals surface area contributed by atoms with Crippen LogP contribution in [0.25, 0.3) is 10.9 Å². The van der Waals surface area contributed by atoms with Crippen molar-refractivity contribution in [1.29, 1.82) is 0 Å². The summed E-state index contributed by atoms with van der Waals surface area (Å²) in [7, 11) is 0. The van der Waals surface area contributed by atoms with Crippen molar-refractivity contribution in [1.82, 2.24) is 15.3 Å². The van der Waals surface area contributed by atoms with Crippen molar-refractivity contribution in [3.63, 3.8) is 0 Å². The second-order valence-corrected chi connectivity index (χ2v) is 5.97. The average Bonchev–Trinajstić information content (AvgIpc) is 2.90. The van der Waals surface area contributed by atoms with Crippen LogP contribution in [0.2, 0.25) is 0 Å². The monoisotopic (exact) mass is 347 g/mol. The van der Waals surface area contributed by atoms with Gasteiger partial charge < -0.3 is 4.84 Å². The van der Waals surface area contributed by atoms with Crippen molar-refractivity contribution in [3.8, 4) is 0 Å². The van der Waals surface area contributed by atoms with Crippen LogP contribution in [-0.4, -0.2) is 33.0 Å². The molecule has 128 valence electrons. The molecule has 1 aromatic heterocycles. The highest BCUT2D eigenvalue weighted by atomic mass is 16.7. The first-order valence-corrected chi connectivity index (χ1v) is 7.91. The van der Waals surface area contributed by atoms with Gasteiger partial charge in [-0.15, -0.1) is 0 Å². The van der Waals surface area contributed by atoms with E-state index in [9.17, 15) is 14.4 Å². The minimum atomic E-state index is -0.796. The second kappa shape index (κ2) is 5.73.